The number of piperazine rings is 1. The zero-order valence-electron chi connectivity index (χ0n) is 14.6. The highest BCUT2D eigenvalue weighted by molar-refractivity contribution is 8.26. The van der Waals surface area contributed by atoms with E-state index >= 15 is 0 Å². The molecule has 2 heterocycles. The summed E-state index contributed by atoms with van der Waals surface area (Å²) in [5.74, 6) is -0.0824. The number of nitrogens with zero attached hydrogens (tertiary/aromatic N) is 3. The summed E-state index contributed by atoms with van der Waals surface area (Å²) in [6, 6.07) is 7.27. The first-order chi connectivity index (χ1) is 12.5. The predicted molar refractivity (Wildman–Crippen MR) is 107 cm³/mol. The summed E-state index contributed by atoms with van der Waals surface area (Å²) in [4.78, 5) is 30.7. The number of hydrogen-bond acceptors (Lipinski definition) is 6. The molecule has 3 rings (SSSR count). The number of thiocarbonyl (C=S) groups is 1. The van der Waals surface area contributed by atoms with Crippen molar-refractivity contribution in [1.82, 2.24) is 14.7 Å². The molecule has 6 nitrogen and oxygen atoms in total. The Morgan fingerprint density at radius 2 is 1.88 bits per heavy atom. The number of thioether (sulfide) groups is 1. The maximum Gasteiger partial charge on any atom is 0.265 e. The van der Waals surface area contributed by atoms with Gasteiger partial charge in [-0.15, -0.1) is 0 Å². The number of likely N-dealkylation sites (N-methyl/N-ethyl adjacent to an activating group) is 1. The van der Waals surface area contributed by atoms with E-state index in [0.717, 1.165) is 18.7 Å². The summed E-state index contributed by atoms with van der Waals surface area (Å²) in [6.07, 6.45) is 1.80. The van der Waals surface area contributed by atoms with Gasteiger partial charge in [-0.05, 0) is 23.8 Å². The monoisotopic (exact) mass is 391 g/mol. The summed E-state index contributed by atoms with van der Waals surface area (Å²) < 4.78 is 0.549. The number of aliphatic hydroxyl groups is 1. The Labute approximate surface area is 162 Å². The minimum Gasteiger partial charge on any atom is -0.395 e. The number of rotatable bonds is 4. The molecule has 0 unspecified atom stereocenters. The van der Waals surface area contributed by atoms with Crippen LogP contribution in [0.4, 0.5) is 0 Å². The highest BCUT2D eigenvalue weighted by Crippen LogP contribution is 2.31. The molecule has 2 aliphatic heterocycles. The molecule has 0 bridgehead atoms. The number of carbonyl (C=O) groups is 2. The fourth-order valence-corrected chi connectivity index (χ4v) is 4.10. The SMILES string of the molecule is CN1C(=O)C(=Cc2ccc(C(=O)N3CCN(CCO)CC3)cc2)SC1=S. The number of benzene rings is 1. The molecule has 2 amide bonds. The molecular weight excluding hydrogens is 370 g/mol. The second kappa shape index (κ2) is 8.30. The largest absolute Gasteiger partial charge is 0.395 e. The summed E-state index contributed by atoms with van der Waals surface area (Å²) in [6.45, 7) is 3.69. The van der Waals surface area contributed by atoms with Gasteiger partial charge in [-0.1, -0.05) is 36.1 Å². The van der Waals surface area contributed by atoms with Gasteiger partial charge in [0.1, 0.15) is 4.32 Å². The molecule has 0 atom stereocenters. The molecule has 2 saturated heterocycles. The first-order valence-corrected chi connectivity index (χ1v) is 9.66. The average Bonchev–Trinajstić information content (AvgIpc) is 2.89. The van der Waals surface area contributed by atoms with Crippen LogP contribution in [0.25, 0.3) is 6.08 Å². The van der Waals surface area contributed by atoms with Gasteiger partial charge in [0.15, 0.2) is 0 Å². The second-order valence-electron chi connectivity index (χ2n) is 6.22. The molecule has 2 aliphatic rings. The lowest BCUT2D eigenvalue weighted by Crippen LogP contribution is -2.49. The van der Waals surface area contributed by atoms with Gasteiger partial charge in [-0.25, -0.2) is 0 Å². The third-order valence-electron chi connectivity index (χ3n) is 4.52. The van der Waals surface area contributed by atoms with Crippen LogP contribution in [0.5, 0.6) is 0 Å². The quantitative estimate of drug-likeness (QED) is 0.616. The van der Waals surface area contributed by atoms with Crippen molar-refractivity contribution in [3.63, 3.8) is 0 Å². The Balaban J connectivity index is 1.64. The molecule has 138 valence electrons. The van der Waals surface area contributed by atoms with Crippen LogP contribution in [0.2, 0.25) is 0 Å². The van der Waals surface area contributed by atoms with E-state index in [9.17, 15) is 9.59 Å². The standard InChI is InChI=1S/C18H21N3O3S2/c1-19-17(24)15(26-18(19)25)12-13-2-4-14(5-3-13)16(23)21-8-6-20(7-9-21)10-11-22/h2-5,12,22H,6-11H2,1H3. The number of hydrogen-bond donors (Lipinski definition) is 1. The van der Waals surface area contributed by atoms with Gasteiger partial charge in [-0.3, -0.25) is 19.4 Å². The first-order valence-electron chi connectivity index (χ1n) is 8.43. The first kappa shape index (κ1) is 19.0. The van der Waals surface area contributed by atoms with Gasteiger partial charge in [-0.2, -0.15) is 0 Å². The van der Waals surface area contributed by atoms with E-state index in [1.54, 1.807) is 25.3 Å². The molecule has 0 aromatic heterocycles. The normalized spacial score (nSPS) is 20.3. The molecule has 1 aromatic carbocycles. The van der Waals surface area contributed by atoms with E-state index < -0.39 is 0 Å². The number of β-amino-alcohol motifs (C(OH)–C–C–N with tert-alkyl or cyclic N) is 1. The highest BCUT2D eigenvalue weighted by atomic mass is 32.2. The van der Waals surface area contributed by atoms with Gasteiger partial charge in [0.05, 0.1) is 11.5 Å². The second-order valence-corrected chi connectivity index (χ2v) is 7.90. The molecule has 1 N–H and O–H groups in total. The van der Waals surface area contributed by atoms with Crippen molar-refractivity contribution in [1.29, 1.82) is 0 Å². The Bertz CT molecular complexity index is 741. The molecular formula is C18H21N3O3S2. The average molecular weight is 392 g/mol. The van der Waals surface area contributed by atoms with E-state index in [0.29, 0.717) is 34.4 Å². The Morgan fingerprint density at radius 1 is 1.23 bits per heavy atom. The summed E-state index contributed by atoms with van der Waals surface area (Å²) in [5.41, 5.74) is 1.50. The summed E-state index contributed by atoms with van der Waals surface area (Å²) in [7, 11) is 1.67. The summed E-state index contributed by atoms with van der Waals surface area (Å²) >= 11 is 6.41. The van der Waals surface area contributed by atoms with Gasteiger partial charge in [0, 0.05) is 45.3 Å². The maximum absolute atomic E-state index is 12.6. The zero-order chi connectivity index (χ0) is 18.7. The lowest BCUT2D eigenvalue weighted by atomic mass is 10.1. The molecule has 2 fully saturated rings. The third-order valence-corrected chi connectivity index (χ3v) is 6.00. The van der Waals surface area contributed by atoms with Crippen molar-refractivity contribution in [2.75, 3.05) is 46.4 Å². The number of aliphatic hydroxyl groups excluding tert-OH is 1. The lowest BCUT2D eigenvalue weighted by Gasteiger charge is -2.34. The highest BCUT2D eigenvalue weighted by Gasteiger charge is 2.28. The van der Waals surface area contributed by atoms with Crippen LogP contribution in [-0.4, -0.2) is 82.3 Å². The van der Waals surface area contributed by atoms with Crippen LogP contribution in [-0.2, 0) is 4.79 Å². The molecule has 0 aliphatic carbocycles. The van der Waals surface area contributed by atoms with Crippen molar-refractivity contribution < 1.29 is 14.7 Å². The Hall–Kier alpha value is -1.74. The number of carbonyl (C=O) groups excluding carboxylic acids is 2. The molecule has 0 saturated carbocycles. The molecule has 0 spiro atoms. The smallest absolute Gasteiger partial charge is 0.265 e. The van der Waals surface area contributed by atoms with Crippen LogP contribution in [0.3, 0.4) is 0 Å². The van der Waals surface area contributed by atoms with E-state index in [1.807, 2.05) is 17.0 Å². The summed E-state index contributed by atoms with van der Waals surface area (Å²) in [5, 5.41) is 8.99. The van der Waals surface area contributed by atoms with Crippen LogP contribution in [0.15, 0.2) is 29.2 Å². The van der Waals surface area contributed by atoms with Crippen molar-refractivity contribution in [3.8, 4) is 0 Å². The van der Waals surface area contributed by atoms with E-state index in [2.05, 4.69) is 4.90 Å². The minimum absolute atomic E-state index is 0.0140. The maximum atomic E-state index is 12.6. The van der Waals surface area contributed by atoms with Crippen molar-refractivity contribution in [3.05, 3.63) is 40.3 Å². The zero-order valence-corrected chi connectivity index (χ0v) is 16.2. The van der Waals surface area contributed by atoms with Crippen molar-refractivity contribution in [2.24, 2.45) is 0 Å². The predicted octanol–water partition coefficient (Wildman–Crippen LogP) is 1.27. The fraction of sp³-hybridized carbons (Fsp3) is 0.389. The van der Waals surface area contributed by atoms with Gasteiger partial charge >= 0.3 is 0 Å². The lowest BCUT2D eigenvalue weighted by molar-refractivity contribution is -0.121. The van der Waals surface area contributed by atoms with Gasteiger partial charge in [0.25, 0.3) is 11.8 Å². The van der Waals surface area contributed by atoms with Crippen molar-refractivity contribution in [2.45, 2.75) is 0 Å². The minimum atomic E-state index is -0.0964. The topological polar surface area (TPSA) is 64.1 Å². The van der Waals surface area contributed by atoms with Crippen LogP contribution >= 0.6 is 24.0 Å². The fourth-order valence-electron chi connectivity index (χ4n) is 2.92. The van der Waals surface area contributed by atoms with Crippen LogP contribution < -0.4 is 0 Å². The van der Waals surface area contributed by atoms with Crippen LogP contribution in [0.1, 0.15) is 15.9 Å². The Morgan fingerprint density at radius 3 is 2.42 bits per heavy atom. The van der Waals surface area contributed by atoms with Gasteiger partial charge < -0.3 is 10.0 Å². The van der Waals surface area contributed by atoms with E-state index in [-0.39, 0.29) is 18.4 Å². The van der Waals surface area contributed by atoms with Crippen molar-refractivity contribution >= 4 is 46.2 Å². The van der Waals surface area contributed by atoms with E-state index in [4.69, 9.17) is 17.3 Å². The third kappa shape index (κ3) is 4.15. The molecule has 0 radical (unpaired) electrons. The van der Waals surface area contributed by atoms with Crippen LogP contribution in [0, 0.1) is 0 Å². The molecule has 26 heavy (non-hydrogen) atoms. The van der Waals surface area contributed by atoms with Gasteiger partial charge in [0.2, 0.25) is 0 Å². The van der Waals surface area contributed by atoms with E-state index in [1.165, 1.54) is 16.7 Å². The molecule has 1 aromatic rings. The Kier molecular flexibility index (Phi) is 6.08. The number of amides is 2. The molecule has 8 heteroatoms.